The molecule has 6 aliphatic carbocycles. The third-order valence-electron chi connectivity index (χ3n) is 13.3. The molecule has 7 unspecified atom stereocenters. The van der Waals surface area contributed by atoms with Gasteiger partial charge in [0, 0.05) is 6.04 Å². The summed E-state index contributed by atoms with van der Waals surface area (Å²) in [6.45, 7) is 7.31. The summed E-state index contributed by atoms with van der Waals surface area (Å²) in [7, 11) is 0. The molecule has 7 aliphatic rings. The number of ether oxygens (including phenoxy) is 1. The SMILES string of the molecule is CC1(C)C2CCC3C4CC5OC(C(=O)NC6CCC6)CCC5[C@@]4(C)CC[C@]34CC24CC[C@@H]1O. The first-order valence-electron chi connectivity index (χ1n) is 14.4. The molecule has 1 heterocycles. The van der Waals surface area contributed by atoms with Crippen LogP contribution in [0.1, 0.15) is 104 Å². The number of nitrogens with one attached hydrogen (secondary N) is 1. The molecule has 10 atom stereocenters. The van der Waals surface area contributed by atoms with Crippen LogP contribution in [0.2, 0.25) is 0 Å². The molecule has 0 aromatic rings. The lowest BCUT2D eigenvalue weighted by Crippen LogP contribution is -2.54. The van der Waals surface area contributed by atoms with E-state index >= 15 is 0 Å². The number of carbonyl (C=O) groups is 1. The minimum Gasteiger partial charge on any atom is -0.393 e. The average Bonchev–Trinajstić information content (AvgIpc) is 3.34. The van der Waals surface area contributed by atoms with Crippen LogP contribution in [0.5, 0.6) is 0 Å². The lowest BCUT2D eigenvalue weighted by molar-refractivity contribution is -0.150. The van der Waals surface area contributed by atoms with Gasteiger partial charge in [-0.2, -0.15) is 0 Å². The van der Waals surface area contributed by atoms with Gasteiger partial charge in [0.05, 0.1) is 12.2 Å². The van der Waals surface area contributed by atoms with Crippen molar-refractivity contribution in [2.45, 2.75) is 129 Å². The van der Waals surface area contributed by atoms with E-state index in [-0.39, 0.29) is 29.6 Å². The Kier molecular flexibility index (Phi) is 4.45. The zero-order valence-electron chi connectivity index (χ0n) is 21.1. The lowest BCUT2D eigenvalue weighted by atomic mass is 9.46. The molecule has 33 heavy (non-hydrogen) atoms. The maximum absolute atomic E-state index is 12.9. The largest absolute Gasteiger partial charge is 0.393 e. The van der Waals surface area contributed by atoms with Gasteiger partial charge in [0.25, 0.3) is 0 Å². The Hall–Kier alpha value is -0.610. The first-order valence-corrected chi connectivity index (χ1v) is 14.4. The highest BCUT2D eigenvalue weighted by Crippen LogP contribution is 2.87. The van der Waals surface area contributed by atoms with Gasteiger partial charge in [0.15, 0.2) is 0 Å². The standard InChI is InChI=1S/C29H45NO3/c1-26(2)23-10-8-18-20-15-22-19(7-9-21(33-22)25(32)30-17-5-4-6-17)27(20,3)13-14-28(18)16-29(23,28)12-11-24(26)31/h17-24,31H,4-16H2,1-3H3,(H,30,32)/t18?,19?,20?,21?,22?,23?,24-,27+,28-,29?/m0/s1. The van der Waals surface area contributed by atoms with Crippen molar-refractivity contribution < 1.29 is 14.6 Å². The fraction of sp³-hybridized carbons (Fsp3) is 0.966. The van der Waals surface area contributed by atoms with E-state index in [1.54, 1.807) is 0 Å². The molecular weight excluding hydrogens is 410 g/mol. The molecule has 1 aliphatic heterocycles. The first kappa shape index (κ1) is 21.7. The summed E-state index contributed by atoms with van der Waals surface area (Å²) in [5.74, 6) is 3.12. The molecule has 6 saturated carbocycles. The van der Waals surface area contributed by atoms with Gasteiger partial charge < -0.3 is 15.2 Å². The van der Waals surface area contributed by atoms with Crippen molar-refractivity contribution in [1.82, 2.24) is 5.32 Å². The number of hydrogen-bond acceptors (Lipinski definition) is 3. The molecule has 0 radical (unpaired) electrons. The van der Waals surface area contributed by atoms with Crippen molar-refractivity contribution in [3.63, 3.8) is 0 Å². The molecule has 7 rings (SSSR count). The Morgan fingerprint density at radius 2 is 1.67 bits per heavy atom. The highest BCUT2D eigenvalue weighted by atomic mass is 16.5. The van der Waals surface area contributed by atoms with Crippen LogP contribution in [0.4, 0.5) is 0 Å². The van der Waals surface area contributed by atoms with E-state index in [9.17, 15) is 9.90 Å². The van der Waals surface area contributed by atoms with Crippen molar-refractivity contribution in [3.05, 3.63) is 0 Å². The van der Waals surface area contributed by atoms with Gasteiger partial charge in [-0.25, -0.2) is 0 Å². The van der Waals surface area contributed by atoms with E-state index in [4.69, 9.17) is 4.74 Å². The molecule has 4 heteroatoms. The molecule has 2 spiro atoms. The number of aliphatic hydroxyl groups excluding tert-OH is 1. The van der Waals surface area contributed by atoms with Crippen LogP contribution >= 0.6 is 0 Å². The molecular formula is C29H45NO3. The first-order chi connectivity index (χ1) is 15.7. The van der Waals surface area contributed by atoms with E-state index in [1.807, 2.05) is 0 Å². The molecule has 4 nitrogen and oxygen atoms in total. The molecule has 1 amide bonds. The number of fused-ring (bicyclic) bond motifs is 4. The van der Waals surface area contributed by atoms with Crippen molar-refractivity contribution in [1.29, 1.82) is 0 Å². The summed E-state index contributed by atoms with van der Waals surface area (Å²) in [5, 5.41) is 14.1. The van der Waals surface area contributed by atoms with E-state index in [1.165, 1.54) is 57.8 Å². The second kappa shape index (κ2) is 6.78. The van der Waals surface area contributed by atoms with Crippen LogP contribution < -0.4 is 5.32 Å². The number of rotatable bonds is 2. The van der Waals surface area contributed by atoms with Crippen molar-refractivity contribution in [2.24, 2.45) is 45.3 Å². The van der Waals surface area contributed by atoms with Crippen LogP contribution in [0.15, 0.2) is 0 Å². The van der Waals surface area contributed by atoms with Crippen LogP contribution in [-0.2, 0) is 9.53 Å². The fourth-order valence-electron chi connectivity index (χ4n) is 11.3. The summed E-state index contributed by atoms with van der Waals surface area (Å²) in [6.07, 6.45) is 15.9. The zero-order valence-corrected chi connectivity index (χ0v) is 21.1. The maximum Gasteiger partial charge on any atom is 0.249 e. The third kappa shape index (κ3) is 2.64. The van der Waals surface area contributed by atoms with Crippen LogP contribution in [-0.4, -0.2) is 35.4 Å². The number of hydrogen-bond donors (Lipinski definition) is 2. The Labute approximate surface area is 200 Å². The van der Waals surface area contributed by atoms with E-state index in [0.29, 0.717) is 34.1 Å². The Morgan fingerprint density at radius 3 is 2.42 bits per heavy atom. The van der Waals surface area contributed by atoms with Gasteiger partial charge in [0.1, 0.15) is 6.10 Å². The second-order valence-electron chi connectivity index (χ2n) is 14.4. The molecule has 0 bridgehead atoms. The molecule has 7 fully saturated rings. The molecule has 0 aromatic carbocycles. The van der Waals surface area contributed by atoms with E-state index in [0.717, 1.165) is 37.5 Å². The van der Waals surface area contributed by atoms with E-state index in [2.05, 4.69) is 26.1 Å². The quantitative estimate of drug-likeness (QED) is 0.600. The fourth-order valence-corrected chi connectivity index (χ4v) is 11.3. The van der Waals surface area contributed by atoms with Gasteiger partial charge in [-0.3, -0.25) is 4.79 Å². The molecule has 0 aromatic heterocycles. The van der Waals surface area contributed by atoms with Crippen molar-refractivity contribution in [3.8, 4) is 0 Å². The number of aliphatic hydroxyl groups is 1. The molecule has 1 saturated heterocycles. The predicted octanol–water partition coefficient (Wildman–Crippen LogP) is 5.22. The van der Waals surface area contributed by atoms with Gasteiger partial charge >= 0.3 is 0 Å². The Morgan fingerprint density at radius 1 is 0.879 bits per heavy atom. The molecule has 2 N–H and O–H groups in total. The Balaban J connectivity index is 1.11. The van der Waals surface area contributed by atoms with Crippen LogP contribution in [0.3, 0.4) is 0 Å². The minimum absolute atomic E-state index is 0.0707. The highest BCUT2D eigenvalue weighted by molar-refractivity contribution is 5.81. The van der Waals surface area contributed by atoms with Crippen molar-refractivity contribution in [2.75, 3.05) is 0 Å². The van der Waals surface area contributed by atoms with Gasteiger partial charge in [0.2, 0.25) is 5.91 Å². The minimum atomic E-state index is -0.215. The monoisotopic (exact) mass is 455 g/mol. The van der Waals surface area contributed by atoms with Gasteiger partial charge in [-0.1, -0.05) is 20.8 Å². The van der Waals surface area contributed by atoms with Crippen molar-refractivity contribution >= 4 is 5.91 Å². The summed E-state index contributed by atoms with van der Waals surface area (Å²) >= 11 is 0. The summed E-state index contributed by atoms with van der Waals surface area (Å²) < 4.78 is 6.63. The molecule has 184 valence electrons. The maximum atomic E-state index is 12.9. The summed E-state index contributed by atoms with van der Waals surface area (Å²) in [4.78, 5) is 12.9. The smallest absolute Gasteiger partial charge is 0.249 e. The lowest BCUT2D eigenvalue weighted by Gasteiger charge is -2.59. The normalized spacial score (nSPS) is 56.3. The van der Waals surface area contributed by atoms with Crippen LogP contribution in [0.25, 0.3) is 0 Å². The second-order valence-corrected chi connectivity index (χ2v) is 14.4. The van der Waals surface area contributed by atoms with E-state index < -0.39 is 0 Å². The summed E-state index contributed by atoms with van der Waals surface area (Å²) in [6, 6.07) is 0.405. The summed E-state index contributed by atoms with van der Waals surface area (Å²) in [5.41, 5.74) is 1.53. The average molecular weight is 456 g/mol. The third-order valence-corrected chi connectivity index (χ3v) is 13.3. The van der Waals surface area contributed by atoms with Crippen LogP contribution in [0, 0.1) is 45.3 Å². The highest BCUT2D eigenvalue weighted by Gasteiger charge is 2.80. The number of amides is 1. The van der Waals surface area contributed by atoms with Gasteiger partial charge in [-0.15, -0.1) is 0 Å². The predicted molar refractivity (Wildman–Crippen MR) is 127 cm³/mol. The zero-order chi connectivity index (χ0) is 22.8. The topological polar surface area (TPSA) is 58.6 Å². The number of carbonyl (C=O) groups excluding carboxylic acids is 1. The van der Waals surface area contributed by atoms with Gasteiger partial charge in [-0.05, 0) is 129 Å². The Bertz CT molecular complexity index is 852.